The van der Waals surface area contributed by atoms with Crippen LogP contribution in [-0.4, -0.2) is 42.5 Å². The first kappa shape index (κ1) is 20.8. The Morgan fingerprint density at radius 2 is 1.75 bits per heavy atom. The molecule has 140 valence electrons. The van der Waals surface area contributed by atoms with Crippen molar-refractivity contribution in [2.45, 2.75) is 56.0 Å². The summed E-state index contributed by atoms with van der Waals surface area (Å²) < 4.78 is 91.3. The van der Waals surface area contributed by atoms with Crippen LogP contribution < -0.4 is 0 Å². The number of carbonyl (C=O) groups excluding carboxylic acids is 1. The minimum atomic E-state index is -6.66. The molecule has 0 aliphatic heterocycles. The van der Waals surface area contributed by atoms with Crippen molar-refractivity contribution in [2.75, 3.05) is 6.61 Å². The Morgan fingerprint density at radius 3 is 2.17 bits per heavy atom. The van der Waals surface area contributed by atoms with E-state index in [4.69, 9.17) is 4.74 Å². The first-order valence-electron chi connectivity index (χ1n) is 7.04. The van der Waals surface area contributed by atoms with E-state index < -0.39 is 45.2 Å². The smallest absolute Gasteiger partial charge is 0.434 e. The summed E-state index contributed by atoms with van der Waals surface area (Å²) in [6, 6.07) is 0. The number of esters is 1. The van der Waals surface area contributed by atoms with E-state index in [-0.39, 0.29) is 0 Å². The van der Waals surface area contributed by atoms with Crippen LogP contribution in [0, 0.1) is 0 Å². The van der Waals surface area contributed by atoms with Gasteiger partial charge < -0.3 is 14.0 Å². The summed E-state index contributed by atoms with van der Waals surface area (Å²) in [5, 5.41) is -5.99. The first-order valence-corrected chi connectivity index (χ1v) is 8.45. The predicted molar refractivity (Wildman–Crippen MR) is 72.3 cm³/mol. The van der Waals surface area contributed by atoms with Crippen molar-refractivity contribution in [2.24, 2.45) is 0 Å². The summed E-state index contributed by atoms with van der Waals surface area (Å²) in [5.41, 5.74) is -1.46. The average Bonchev–Trinajstić information content (AvgIpc) is 2.92. The molecule has 0 aromatic heterocycles. The molecule has 0 saturated heterocycles. The number of alkyl halides is 4. The van der Waals surface area contributed by atoms with Gasteiger partial charge in [-0.05, 0) is 32.1 Å². The van der Waals surface area contributed by atoms with Crippen LogP contribution in [0.2, 0.25) is 0 Å². The molecule has 0 atom stereocenters. The van der Waals surface area contributed by atoms with E-state index in [2.05, 4.69) is 11.3 Å². The van der Waals surface area contributed by atoms with Crippen LogP contribution in [0.3, 0.4) is 0 Å². The Labute approximate surface area is 136 Å². The molecule has 0 amide bonds. The van der Waals surface area contributed by atoms with E-state index in [1.54, 1.807) is 6.92 Å². The van der Waals surface area contributed by atoms with Crippen molar-refractivity contribution in [3.05, 3.63) is 12.2 Å². The molecule has 0 aromatic rings. The van der Waals surface area contributed by atoms with Gasteiger partial charge in [0.1, 0.15) is 5.60 Å². The number of halogens is 4. The van der Waals surface area contributed by atoms with Crippen LogP contribution in [0.4, 0.5) is 17.6 Å². The lowest BCUT2D eigenvalue weighted by atomic mass is 9.99. The topological polar surface area (TPSA) is 92.7 Å². The molecule has 1 saturated carbocycles. The van der Waals surface area contributed by atoms with E-state index >= 15 is 0 Å². The lowest BCUT2D eigenvalue weighted by Crippen LogP contribution is -2.49. The number of hydrogen-bond acceptors (Lipinski definition) is 6. The van der Waals surface area contributed by atoms with Gasteiger partial charge in [-0.25, -0.2) is 13.2 Å². The average molecular weight is 377 g/mol. The molecule has 1 fully saturated rings. The molecular formula is C13H17F4O6S-. The van der Waals surface area contributed by atoms with Gasteiger partial charge in [0.2, 0.25) is 0 Å². The third-order valence-corrected chi connectivity index (χ3v) is 4.70. The van der Waals surface area contributed by atoms with Crippen molar-refractivity contribution in [3.8, 4) is 0 Å². The van der Waals surface area contributed by atoms with Crippen LogP contribution in [0.1, 0.15) is 39.0 Å². The SMILES string of the molecule is C=C(COC(F)(F)C(F)(F)S(=O)(=O)[O-])C(=O)OC1(CC)CCCC1. The molecule has 1 rings (SSSR count). The fourth-order valence-corrected chi connectivity index (χ4v) is 2.63. The summed E-state index contributed by atoms with van der Waals surface area (Å²) in [6.07, 6.45) is -2.36. The number of rotatable bonds is 8. The summed E-state index contributed by atoms with van der Waals surface area (Å²) in [6.45, 7) is 3.45. The van der Waals surface area contributed by atoms with Crippen molar-refractivity contribution >= 4 is 16.1 Å². The standard InChI is InChI=1S/C13H18F4O6S/c1-3-11(6-4-5-7-11)23-10(18)9(2)8-22-12(14,15)13(16,17)24(19,20)21/h2-8H2,1H3,(H,19,20,21)/p-1. The summed E-state index contributed by atoms with van der Waals surface area (Å²) >= 11 is 0. The molecule has 0 bridgehead atoms. The highest BCUT2D eigenvalue weighted by molar-refractivity contribution is 7.86. The molecule has 1 aliphatic rings. The zero-order chi connectivity index (χ0) is 18.8. The molecule has 0 unspecified atom stereocenters. The quantitative estimate of drug-likeness (QED) is 0.279. The second-order valence-electron chi connectivity index (χ2n) is 5.51. The van der Waals surface area contributed by atoms with E-state index in [1.807, 2.05) is 0 Å². The number of ether oxygens (including phenoxy) is 2. The molecule has 0 N–H and O–H groups in total. The Morgan fingerprint density at radius 1 is 1.25 bits per heavy atom. The lowest BCUT2D eigenvalue weighted by molar-refractivity contribution is -0.314. The van der Waals surface area contributed by atoms with Gasteiger partial charge in [0.05, 0.1) is 12.2 Å². The molecule has 0 aromatic carbocycles. The maximum Gasteiger partial charge on any atom is 0.434 e. The van der Waals surface area contributed by atoms with Gasteiger partial charge in [-0.3, -0.25) is 0 Å². The molecule has 0 heterocycles. The maximum absolute atomic E-state index is 13.1. The highest BCUT2D eigenvalue weighted by Crippen LogP contribution is 2.40. The van der Waals surface area contributed by atoms with Gasteiger partial charge in [-0.2, -0.15) is 17.6 Å². The van der Waals surface area contributed by atoms with Crippen LogP contribution in [0.15, 0.2) is 12.2 Å². The third-order valence-electron chi connectivity index (χ3n) is 3.84. The summed E-state index contributed by atoms with van der Waals surface area (Å²) in [4.78, 5) is 11.8. The minimum absolute atomic E-state index is 0.482. The predicted octanol–water partition coefficient (Wildman–Crippen LogP) is 2.56. The normalized spacial score (nSPS) is 18.4. The highest BCUT2D eigenvalue weighted by atomic mass is 32.2. The monoisotopic (exact) mass is 377 g/mol. The molecule has 11 heteroatoms. The number of hydrogen-bond donors (Lipinski definition) is 0. The van der Waals surface area contributed by atoms with E-state index in [1.165, 1.54) is 0 Å². The Bertz CT molecular complexity index is 596. The fourth-order valence-electron chi connectivity index (χ4n) is 2.28. The maximum atomic E-state index is 13.1. The van der Waals surface area contributed by atoms with Crippen molar-refractivity contribution < 1.29 is 44.8 Å². The highest BCUT2D eigenvalue weighted by Gasteiger charge is 2.63. The molecule has 6 nitrogen and oxygen atoms in total. The third kappa shape index (κ3) is 4.25. The summed E-state index contributed by atoms with van der Waals surface area (Å²) in [7, 11) is -6.66. The molecular weight excluding hydrogens is 360 g/mol. The van der Waals surface area contributed by atoms with Gasteiger partial charge in [0.25, 0.3) is 0 Å². The van der Waals surface area contributed by atoms with Gasteiger partial charge in [-0.1, -0.05) is 13.5 Å². The van der Waals surface area contributed by atoms with Crippen LogP contribution in [0.5, 0.6) is 0 Å². The van der Waals surface area contributed by atoms with Gasteiger partial charge >= 0.3 is 17.3 Å². The Balaban J connectivity index is 2.70. The van der Waals surface area contributed by atoms with Gasteiger partial charge in [0, 0.05) is 0 Å². The fraction of sp³-hybridized carbons (Fsp3) is 0.769. The van der Waals surface area contributed by atoms with E-state index in [9.17, 15) is 35.3 Å². The van der Waals surface area contributed by atoms with Crippen molar-refractivity contribution in [1.82, 2.24) is 0 Å². The minimum Gasteiger partial charge on any atom is -0.743 e. The van der Waals surface area contributed by atoms with Crippen molar-refractivity contribution in [3.63, 3.8) is 0 Å². The van der Waals surface area contributed by atoms with E-state index in [0.29, 0.717) is 19.3 Å². The van der Waals surface area contributed by atoms with Crippen LogP contribution in [0.25, 0.3) is 0 Å². The zero-order valence-electron chi connectivity index (χ0n) is 12.8. The molecule has 0 radical (unpaired) electrons. The largest absolute Gasteiger partial charge is 0.743 e. The lowest BCUT2D eigenvalue weighted by Gasteiger charge is -2.29. The van der Waals surface area contributed by atoms with E-state index in [0.717, 1.165) is 12.8 Å². The first-order chi connectivity index (χ1) is 10.8. The second-order valence-corrected chi connectivity index (χ2v) is 6.93. The zero-order valence-corrected chi connectivity index (χ0v) is 13.6. The molecule has 1 aliphatic carbocycles. The molecule has 0 spiro atoms. The van der Waals surface area contributed by atoms with Crippen molar-refractivity contribution in [1.29, 1.82) is 0 Å². The molecule has 24 heavy (non-hydrogen) atoms. The second kappa shape index (κ2) is 6.96. The Kier molecular flexibility index (Phi) is 6.05. The summed E-state index contributed by atoms with van der Waals surface area (Å²) in [5.74, 6) is -1.11. The van der Waals surface area contributed by atoms with Gasteiger partial charge in [-0.15, -0.1) is 0 Å². The van der Waals surface area contributed by atoms with Gasteiger partial charge in [0.15, 0.2) is 10.1 Å². The Hall–Kier alpha value is -1.20. The number of carbonyl (C=O) groups is 1. The van der Waals surface area contributed by atoms with Crippen LogP contribution in [-0.2, 0) is 24.4 Å². The van der Waals surface area contributed by atoms with Crippen LogP contribution >= 0.6 is 0 Å².